The minimum atomic E-state index is -0.723. The van der Waals surface area contributed by atoms with E-state index in [-0.39, 0.29) is 17.0 Å². The molecule has 0 saturated carbocycles. The highest BCUT2D eigenvalue weighted by atomic mass is 19.1. The fraction of sp³-hybridized carbons (Fsp3) is 0.300. The molecule has 7 heteroatoms. The lowest BCUT2D eigenvalue weighted by atomic mass is 10.1. The number of aromatic nitrogens is 4. The average Bonchev–Trinajstić information content (AvgIpc) is 2.73. The molecule has 0 saturated heterocycles. The van der Waals surface area contributed by atoms with Gasteiger partial charge in [-0.1, -0.05) is 0 Å². The number of hydrogen-bond acceptors (Lipinski definition) is 4. The molecule has 0 bridgehead atoms. The molecule has 0 fully saturated rings. The molecule has 0 aliphatic rings. The van der Waals surface area contributed by atoms with Crippen molar-refractivity contribution in [3.63, 3.8) is 0 Å². The Labute approximate surface area is 96.0 Å². The van der Waals surface area contributed by atoms with Crippen LogP contribution in [0.5, 0.6) is 5.75 Å². The van der Waals surface area contributed by atoms with Crippen molar-refractivity contribution >= 4 is 0 Å². The van der Waals surface area contributed by atoms with E-state index in [1.165, 1.54) is 24.8 Å². The van der Waals surface area contributed by atoms with Gasteiger partial charge < -0.3 is 4.74 Å². The van der Waals surface area contributed by atoms with E-state index in [1.54, 1.807) is 6.92 Å². The summed E-state index contributed by atoms with van der Waals surface area (Å²) >= 11 is 0. The fourth-order valence-corrected chi connectivity index (χ4v) is 1.48. The van der Waals surface area contributed by atoms with Crippen LogP contribution in [0.25, 0.3) is 5.69 Å². The summed E-state index contributed by atoms with van der Waals surface area (Å²) in [6.07, 6.45) is 0. The molecule has 0 spiro atoms. The minimum absolute atomic E-state index is 0.0474. The summed E-state index contributed by atoms with van der Waals surface area (Å²) in [4.78, 5) is 0. The standard InChI is InChI=1S/C10H10F2N4O/c1-5-9(11)7(4-8(17-3)10(5)12)16-6(2)13-14-15-16/h4H,1-3H3. The van der Waals surface area contributed by atoms with Gasteiger partial charge in [0.25, 0.3) is 0 Å². The number of benzene rings is 1. The summed E-state index contributed by atoms with van der Waals surface area (Å²) < 4.78 is 33.5. The van der Waals surface area contributed by atoms with Gasteiger partial charge in [-0.15, -0.1) is 5.10 Å². The quantitative estimate of drug-likeness (QED) is 0.799. The maximum absolute atomic E-state index is 13.9. The predicted octanol–water partition coefficient (Wildman–Crippen LogP) is 1.57. The van der Waals surface area contributed by atoms with Crippen molar-refractivity contribution in [2.75, 3.05) is 7.11 Å². The zero-order valence-electron chi connectivity index (χ0n) is 9.53. The topological polar surface area (TPSA) is 52.8 Å². The number of methoxy groups -OCH3 is 1. The molecule has 0 amide bonds. The lowest BCUT2D eigenvalue weighted by molar-refractivity contribution is 0.381. The van der Waals surface area contributed by atoms with E-state index in [4.69, 9.17) is 4.74 Å². The number of hydrogen-bond donors (Lipinski definition) is 0. The zero-order chi connectivity index (χ0) is 12.6. The fourth-order valence-electron chi connectivity index (χ4n) is 1.48. The third-order valence-corrected chi connectivity index (χ3v) is 2.44. The Morgan fingerprint density at radius 1 is 1.24 bits per heavy atom. The van der Waals surface area contributed by atoms with Crippen molar-refractivity contribution in [2.24, 2.45) is 0 Å². The first-order valence-corrected chi connectivity index (χ1v) is 4.84. The first kappa shape index (κ1) is 11.4. The van der Waals surface area contributed by atoms with Crippen LogP contribution in [0.1, 0.15) is 11.4 Å². The number of tetrazole rings is 1. The maximum atomic E-state index is 13.9. The number of halogens is 2. The summed E-state index contributed by atoms with van der Waals surface area (Å²) in [5, 5.41) is 10.7. The van der Waals surface area contributed by atoms with Gasteiger partial charge in [0.05, 0.1) is 7.11 Å². The van der Waals surface area contributed by atoms with Gasteiger partial charge in [-0.3, -0.25) is 0 Å². The minimum Gasteiger partial charge on any atom is -0.494 e. The van der Waals surface area contributed by atoms with Gasteiger partial charge >= 0.3 is 0 Å². The highest BCUT2D eigenvalue weighted by molar-refractivity contribution is 5.45. The van der Waals surface area contributed by atoms with E-state index in [1.807, 2.05) is 0 Å². The number of aryl methyl sites for hydroxylation is 1. The van der Waals surface area contributed by atoms with Crippen molar-refractivity contribution < 1.29 is 13.5 Å². The Morgan fingerprint density at radius 2 is 1.94 bits per heavy atom. The van der Waals surface area contributed by atoms with Crippen LogP contribution in [0.2, 0.25) is 0 Å². The molecular formula is C10H10F2N4O. The van der Waals surface area contributed by atoms with Crippen LogP contribution in [-0.2, 0) is 0 Å². The Bertz CT molecular complexity index is 568. The first-order valence-electron chi connectivity index (χ1n) is 4.84. The van der Waals surface area contributed by atoms with Crippen molar-refractivity contribution in [1.29, 1.82) is 0 Å². The highest BCUT2D eigenvalue weighted by Crippen LogP contribution is 2.27. The van der Waals surface area contributed by atoms with Crippen LogP contribution >= 0.6 is 0 Å². The molecule has 0 aliphatic heterocycles. The molecule has 1 aromatic heterocycles. The highest BCUT2D eigenvalue weighted by Gasteiger charge is 2.19. The third-order valence-electron chi connectivity index (χ3n) is 2.44. The Morgan fingerprint density at radius 3 is 2.47 bits per heavy atom. The SMILES string of the molecule is COc1cc(-n2nnnc2C)c(F)c(C)c1F. The Balaban J connectivity index is 2.71. The van der Waals surface area contributed by atoms with Gasteiger partial charge in [0.15, 0.2) is 23.2 Å². The van der Waals surface area contributed by atoms with Crippen molar-refractivity contribution in [1.82, 2.24) is 20.2 Å². The number of ether oxygens (including phenoxy) is 1. The molecule has 90 valence electrons. The molecule has 0 atom stereocenters. The molecule has 0 radical (unpaired) electrons. The summed E-state index contributed by atoms with van der Waals surface area (Å²) in [6.45, 7) is 2.95. The van der Waals surface area contributed by atoms with Gasteiger partial charge in [0.1, 0.15) is 5.69 Å². The Hall–Kier alpha value is -2.05. The molecule has 1 aromatic carbocycles. The van der Waals surface area contributed by atoms with Crippen LogP contribution in [0, 0.1) is 25.5 Å². The predicted molar refractivity (Wildman–Crippen MR) is 55.1 cm³/mol. The molecular weight excluding hydrogens is 230 g/mol. The van der Waals surface area contributed by atoms with E-state index in [0.29, 0.717) is 5.82 Å². The van der Waals surface area contributed by atoms with Crippen LogP contribution in [0.3, 0.4) is 0 Å². The third kappa shape index (κ3) is 1.73. The maximum Gasteiger partial charge on any atom is 0.171 e. The molecule has 0 N–H and O–H groups in total. The summed E-state index contributed by atoms with van der Waals surface area (Å²) in [7, 11) is 1.31. The second-order valence-corrected chi connectivity index (χ2v) is 3.49. The van der Waals surface area contributed by atoms with Crippen LogP contribution < -0.4 is 4.74 Å². The van der Waals surface area contributed by atoms with Crippen LogP contribution in [0.15, 0.2) is 6.07 Å². The normalized spacial score (nSPS) is 10.6. The summed E-state index contributed by atoms with van der Waals surface area (Å²) in [5.74, 6) is -1.08. The molecule has 0 unspecified atom stereocenters. The van der Waals surface area contributed by atoms with Crippen molar-refractivity contribution in [3.8, 4) is 11.4 Å². The number of rotatable bonds is 2. The lowest BCUT2D eigenvalue weighted by Crippen LogP contribution is -2.06. The van der Waals surface area contributed by atoms with E-state index in [0.717, 1.165) is 0 Å². The van der Waals surface area contributed by atoms with Crippen LogP contribution in [-0.4, -0.2) is 27.3 Å². The second kappa shape index (κ2) is 4.08. The number of nitrogens with zero attached hydrogens (tertiary/aromatic N) is 4. The van der Waals surface area contributed by atoms with Gasteiger partial charge in [0, 0.05) is 11.6 Å². The van der Waals surface area contributed by atoms with Crippen molar-refractivity contribution in [3.05, 3.63) is 29.1 Å². The smallest absolute Gasteiger partial charge is 0.171 e. The summed E-state index contributed by atoms with van der Waals surface area (Å²) in [6, 6.07) is 1.22. The van der Waals surface area contributed by atoms with E-state index in [2.05, 4.69) is 15.5 Å². The van der Waals surface area contributed by atoms with Gasteiger partial charge in [-0.2, -0.15) is 4.68 Å². The molecule has 2 rings (SSSR count). The van der Waals surface area contributed by atoms with Crippen LogP contribution in [0.4, 0.5) is 8.78 Å². The zero-order valence-corrected chi connectivity index (χ0v) is 9.53. The van der Waals surface area contributed by atoms with Gasteiger partial charge in [0.2, 0.25) is 0 Å². The summed E-state index contributed by atoms with van der Waals surface area (Å²) in [5.41, 5.74) is -0.0718. The first-order chi connectivity index (χ1) is 8.06. The largest absolute Gasteiger partial charge is 0.494 e. The Kier molecular flexibility index (Phi) is 2.74. The van der Waals surface area contributed by atoms with E-state index >= 15 is 0 Å². The van der Waals surface area contributed by atoms with Gasteiger partial charge in [-0.25, -0.2) is 8.78 Å². The molecule has 2 aromatic rings. The van der Waals surface area contributed by atoms with E-state index < -0.39 is 11.6 Å². The van der Waals surface area contributed by atoms with Crippen molar-refractivity contribution in [2.45, 2.75) is 13.8 Å². The molecule has 1 heterocycles. The second-order valence-electron chi connectivity index (χ2n) is 3.49. The molecule has 0 aliphatic carbocycles. The van der Waals surface area contributed by atoms with E-state index in [9.17, 15) is 8.78 Å². The molecule has 5 nitrogen and oxygen atoms in total. The monoisotopic (exact) mass is 240 g/mol. The molecule has 17 heavy (non-hydrogen) atoms. The van der Waals surface area contributed by atoms with Gasteiger partial charge in [-0.05, 0) is 24.3 Å². The average molecular weight is 240 g/mol. The lowest BCUT2D eigenvalue weighted by Gasteiger charge is -2.10.